The Bertz CT molecular complexity index is 736. The van der Waals surface area contributed by atoms with Crippen molar-refractivity contribution >= 4 is 17.7 Å². The van der Waals surface area contributed by atoms with Gasteiger partial charge in [-0.1, -0.05) is 74.0 Å². The first-order valence-corrected chi connectivity index (χ1v) is 10.5. The Morgan fingerprint density at radius 2 is 1.23 bits per heavy atom. The fourth-order valence-electron chi connectivity index (χ4n) is 2.97. The highest BCUT2D eigenvalue weighted by atomic mass is 16.2. The molecule has 0 aliphatic heterocycles. The van der Waals surface area contributed by atoms with Crippen molar-refractivity contribution in [2.45, 2.75) is 45.1 Å². The number of hydrogen-bond acceptors (Lipinski definition) is 3. The monoisotopic (exact) mass is 409 g/mol. The van der Waals surface area contributed by atoms with Gasteiger partial charge in [-0.05, 0) is 30.4 Å². The molecule has 0 radical (unpaired) electrons. The van der Waals surface area contributed by atoms with Crippen LogP contribution in [0.5, 0.6) is 0 Å². The third-order valence-electron chi connectivity index (χ3n) is 4.70. The maximum atomic E-state index is 12.6. The van der Waals surface area contributed by atoms with Crippen molar-refractivity contribution in [1.82, 2.24) is 16.0 Å². The average Bonchev–Trinajstić information content (AvgIpc) is 2.77. The normalized spacial score (nSPS) is 10.5. The van der Waals surface area contributed by atoms with Crippen LogP contribution in [-0.4, -0.2) is 36.9 Å². The summed E-state index contributed by atoms with van der Waals surface area (Å²) in [5.74, 6) is -1.28. The fraction of sp³-hybridized carbons (Fsp3) is 0.375. The van der Waals surface area contributed by atoms with Crippen LogP contribution in [0.3, 0.4) is 0 Å². The zero-order valence-electron chi connectivity index (χ0n) is 17.5. The van der Waals surface area contributed by atoms with Gasteiger partial charge < -0.3 is 16.0 Å². The lowest BCUT2D eigenvalue weighted by atomic mass is 10.1. The molecule has 0 unspecified atom stereocenters. The van der Waals surface area contributed by atoms with E-state index in [0.29, 0.717) is 38.8 Å². The Morgan fingerprint density at radius 1 is 0.767 bits per heavy atom. The summed E-state index contributed by atoms with van der Waals surface area (Å²) >= 11 is 0. The Balaban J connectivity index is 1.89. The first-order valence-electron chi connectivity index (χ1n) is 10.5. The minimum absolute atomic E-state index is 0.293. The summed E-state index contributed by atoms with van der Waals surface area (Å²) < 4.78 is 0. The molecule has 6 nitrogen and oxygen atoms in total. The van der Waals surface area contributed by atoms with Crippen LogP contribution in [0, 0.1) is 0 Å². The molecule has 0 aromatic heterocycles. The predicted molar refractivity (Wildman–Crippen MR) is 118 cm³/mol. The summed E-state index contributed by atoms with van der Waals surface area (Å²) in [6.07, 6.45) is 3.17. The van der Waals surface area contributed by atoms with Gasteiger partial charge >= 0.3 is 0 Å². The summed E-state index contributed by atoms with van der Waals surface area (Å²) in [6.45, 7) is 2.76. The van der Waals surface area contributed by atoms with Crippen molar-refractivity contribution < 1.29 is 14.4 Å². The summed E-state index contributed by atoms with van der Waals surface area (Å²) in [7, 11) is 0. The predicted octanol–water partition coefficient (Wildman–Crippen LogP) is 2.38. The number of benzene rings is 2. The van der Waals surface area contributed by atoms with Gasteiger partial charge in [-0.2, -0.15) is 0 Å². The molecule has 30 heavy (non-hydrogen) atoms. The van der Waals surface area contributed by atoms with E-state index < -0.39 is 17.9 Å². The Hall–Kier alpha value is -3.15. The van der Waals surface area contributed by atoms with Gasteiger partial charge in [0.25, 0.3) is 11.8 Å². The van der Waals surface area contributed by atoms with Crippen molar-refractivity contribution in [2.75, 3.05) is 13.1 Å². The topological polar surface area (TPSA) is 87.3 Å². The second-order valence-electron chi connectivity index (χ2n) is 7.16. The third kappa shape index (κ3) is 8.47. The highest BCUT2D eigenvalue weighted by Crippen LogP contribution is 2.00. The van der Waals surface area contributed by atoms with Crippen molar-refractivity contribution in [3.63, 3.8) is 0 Å². The fourth-order valence-corrected chi connectivity index (χ4v) is 2.97. The summed E-state index contributed by atoms with van der Waals surface area (Å²) in [5, 5.41) is 8.12. The molecule has 0 aliphatic rings. The smallest absolute Gasteiger partial charge is 0.252 e. The van der Waals surface area contributed by atoms with Gasteiger partial charge in [0.1, 0.15) is 0 Å². The van der Waals surface area contributed by atoms with Gasteiger partial charge in [-0.3, -0.25) is 14.4 Å². The summed E-state index contributed by atoms with van der Waals surface area (Å²) in [6, 6.07) is 18.3. The van der Waals surface area contributed by atoms with Crippen molar-refractivity contribution in [2.24, 2.45) is 0 Å². The van der Waals surface area contributed by atoms with Crippen molar-refractivity contribution in [1.29, 1.82) is 0 Å². The Kier molecular flexibility index (Phi) is 10.1. The van der Waals surface area contributed by atoms with Gasteiger partial charge in [-0.25, -0.2) is 0 Å². The van der Waals surface area contributed by atoms with Crippen LogP contribution >= 0.6 is 0 Å². The van der Waals surface area contributed by atoms with E-state index in [1.54, 1.807) is 0 Å². The second-order valence-corrected chi connectivity index (χ2v) is 7.16. The first kappa shape index (κ1) is 23.1. The summed E-state index contributed by atoms with van der Waals surface area (Å²) in [4.78, 5) is 37.4. The van der Waals surface area contributed by atoms with E-state index in [2.05, 4.69) is 16.0 Å². The van der Waals surface area contributed by atoms with Gasteiger partial charge in [0.2, 0.25) is 5.91 Å². The van der Waals surface area contributed by atoms with Gasteiger partial charge in [0, 0.05) is 19.5 Å². The number of hydrogen-bond donors (Lipinski definition) is 3. The molecular formula is C24H31N3O3. The number of rotatable bonds is 12. The van der Waals surface area contributed by atoms with E-state index in [9.17, 15) is 14.4 Å². The zero-order chi connectivity index (χ0) is 21.6. The molecule has 0 fully saturated rings. The number of carbonyl (C=O) groups is 3. The van der Waals surface area contributed by atoms with Gasteiger partial charge in [0.15, 0.2) is 6.04 Å². The summed E-state index contributed by atoms with van der Waals surface area (Å²) in [5.41, 5.74) is 2.18. The highest BCUT2D eigenvalue weighted by molar-refractivity contribution is 6.06. The van der Waals surface area contributed by atoms with Crippen LogP contribution in [0.4, 0.5) is 0 Å². The lowest BCUT2D eigenvalue weighted by molar-refractivity contribution is -0.136. The van der Waals surface area contributed by atoms with E-state index in [0.717, 1.165) is 17.5 Å². The Labute approximate surface area is 178 Å². The van der Waals surface area contributed by atoms with Crippen LogP contribution in [0.15, 0.2) is 60.7 Å². The first-order chi connectivity index (χ1) is 14.6. The molecule has 0 spiro atoms. The molecule has 0 aliphatic carbocycles. The van der Waals surface area contributed by atoms with Crippen LogP contribution in [0.2, 0.25) is 0 Å². The lowest BCUT2D eigenvalue weighted by Gasteiger charge is -2.18. The van der Waals surface area contributed by atoms with Crippen LogP contribution in [0.25, 0.3) is 0 Å². The maximum Gasteiger partial charge on any atom is 0.252 e. The molecule has 0 heterocycles. The van der Waals surface area contributed by atoms with E-state index in [1.165, 1.54) is 0 Å². The van der Waals surface area contributed by atoms with E-state index in [1.807, 2.05) is 67.6 Å². The maximum absolute atomic E-state index is 12.6. The molecule has 2 rings (SSSR count). The second kappa shape index (κ2) is 13.1. The standard InChI is InChI=1S/C24H31N3O3/c1-2-3-14-21(28)27-22(23(29)25-17-15-19-10-6-4-7-11-19)24(30)26-18-16-20-12-8-5-9-13-20/h4-13,22H,2-3,14-18H2,1H3,(H,25,29)(H,26,30)(H,27,28). The molecule has 2 aromatic carbocycles. The average molecular weight is 410 g/mol. The molecule has 3 amide bonds. The number of unbranched alkanes of at least 4 members (excludes halogenated alkanes) is 1. The zero-order valence-corrected chi connectivity index (χ0v) is 17.5. The van der Waals surface area contributed by atoms with Crippen LogP contribution in [0.1, 0.15) is 37.3 Å². The third-order valence-corrected chi connectivity index (χ3v) is 4.70. The largest absolute Gasteiger partial charge is 0.354 e. The molecule has 0 bridgehead atoms. The van der Waals surface area contributed by atoms with Crippen molar-refractivity contribution in [3.8, 4) is 0 Å². The van der Waals surface area contributed by atoms with Crippen molar-refractivity contribution in [3.05, 3.63) is 71.8 Å². The minimum Gasteiger partial charge on any atom is -0.354 e. The molecule has 3 N–H and O–H groups in total. The number of amides is 3. The lowest BCUT2D eigenvalue weighted by Crippen LogP contribution is -2.55. The molecule has 160 valence electrons. The Morgan fingerprint density at radius 3 is 1.67 bits per heavy atom. The number of nitrogens with one attached hydrogen (secondary N) is 3. The molecule has 0 saturated carbocycles. The molecule has 6 heteroatoms. The van der Waals surface area contributed by atoms with E-state index in [4.69, 9.17) is 0 Å². The minimum atomic E-state index is -1.24. The molecule has 0 atom stereocenters. The van der Waals surface area contributed by atoms with Gasteiger partial charge in [0.05, 0.1) is 0 Å². The molecule has 2 aromatic rings. The quantitative estimate of drug-likeness (QED) is 0.471. The van der Waals surface area contributed by atoms with Crippen LogP contribution < -0.4 is 16.0 Å². The SMILES string of the molecule is CCCCC(=O)NC(C(=O)NCCc1ccccc1)C(=O)NCCc1ccccc1. The highest BCUT2D eigenvalue weighted by Gasteiger charge is 2.27. The molecular weight excluding hydrogens is 378 g/mol. The van der Waals surface area contributed by atoms with Crippen LogP contribution in [-0.2, 0) is 27.2 Å². The number of carbonyl (C=O) groups excluding carboxylic acids is 3. The van der Waals surface area contributed by atoms with E-state index >= 15 is 0 Å². The van der Waals surface area contributed by atoms with Gasteiger partial charge in [-0.15, -0.1) is 0 Å². The molecule has 0 saturated heterocycles. The van der Waals surface area contributed by atoms with E-state index in [-0.39, 0.29) is 5.91 Å².